The van der Waals surface area contributed by atoms with Crippen molar-refractivity contribution in [2.75, 3.05) is 0 Å². The van der Waals surface area contributed by atoms with Crippen molar-refractivity contribution in [2.45, 2.75) is 70.7 Å². The van der Waals surface area contributed by atoms with Gasteiger partial charge >= 0.3 is 0 Å². The molecule has 15 heavy (non-hydrogen) atoms. The quantitative estimate of drug-likeness (QED) is 0.650. The molecule has 0 bridgehead atoms. The number of aliphatic hydroxyl groups excluding tert-OH is 2. The van der Waals surface area contributed by atoms with Crippen LogP contribution >= 0.6 is 0 Å². The molecule has 3 heteroatoms. The summed E-state index contributed by atoms with van der Waals surface area (Å²) >= 11 is 0. The van der Waals surface area contributed by atoms with Crippen LogP contribution in [0.3, 0.4) is 0 Å². The van der Waals surface area contributed by atoms with Crippen molar-refractivity contribution in [3.8, 4) is 0 Å². The summed E-state index contributed by atoms with van der Waals surface area (Å²) in [4.78, 5) is 0. The van der Waals surface area contributed by atoms with E-state index in [0.29, 0.717) is 0 Å². The van der Waals surface area contributed by atoms with Gasteiger partial charge in [0, 0.05) is 17.0 Å². The van der Waals surface area contributed by atoms with Crippen LogP contribution in [0, 0.1) is 5.92 Å². The van der Waals surface area contributed by atoms with E-state index in [-0.39, 0.29) is 17.0 Å². The number of hydrogen-bond donors (Lipinski definition) is 3. The van der Waals surface area contributed by atoms with E-state index in [4.69, 9.17) is 0 Å². The Morgan fingerprint density at radius 1 is 1.07 bits per heavy atom. The normalized spacial score (nSPS) is 51.8. The van der Waals surface area contributed by atoms with Gasteiger partial charge in [-0.3, -0.25) is 0 Å². The van der Waals surface area contributed by atoms with E-state index in [9.17, 15) is 10.2 Å². The maximum Gasteiger partial charge on any atom is 0.0980 e. The first-order chi connectivity index (χ1) is 6.80. The summed E-state index contributed by atoms with van der Waals surface area (Å²) < 4.78 is 0. The maximum absolute atomic E-state index is 10.1. The van der Waals surface area contributed by atoms with Crippen molar-refractivity contribution in [2.24, 2.45) is 5.92 Å². The van der Waals surface area contributed by atoms with Crippen molar-refractivity contribution < 1.29 is 10.2 Å². The number of rotatable bonds is 2. The maximum atomic E-state index is 10.1. The van der Waals surface area contributed by atoms with Gasteiger partial charge in [-0.25, -0.2) is 0 Å². The second-order valence-corrected chi connectivity index (χ2v) is 5.39. The molecule has 1 aliphatic heterocycles. The van der Waals surface area contributed by atoms with Gasteiger partial charge in [0.25, 0.3) is 0 Å². The molecule has 0 aromatic heterocycles. The third-order valence-electron chi connectivity index (χ3n) is 4.53. The largest absolute Gasteiger partial charge is 0.390 e. The third kappa shape index (κ3) is 1.93. The molecule has 5 unspecified atom stereocenters. The van der Waals surface area contributed by atoms with Crippen LogP contribution in [0.2, 0.25) is 0 Å². The Labute approximate surface area is 92.9 Å². The summed E-state index contributed by atoms with van der Waals surface area (Å²) in [7, 11) is 0. The second kappa shape index (κ2) is 4.04. The Hall–Kier alpha value is -0.120. The highest BCUT2D eigenvalue weighted by Crippen LogP contribution is 2.37. The van der Waals surface area contributed by atoms with E-state index in [1.54, 1.807) is 0 Å². The van der Waals surface area contributed by atoms with Gasteiger partial charge in [-0.2, -0.15) is 0 Å². The minimum Gasteiger partial charge on any atom is -0.390 e. The molecule has 1 rings (SSSR count). The first-order valence-electron chi connectivity index (χ1n) is 5.96. The lowest BCUT2D eigenvalue weighted by atomic mass is 9.68. The molecule has 0 aromatic carbocycles. The Balaban J connectivity index is 3.00. The van der Waals surface area contributed by atoms with E-state index < -0.39 is 12.2 Å². The molecular weight excluding hydrogens is 190 g/mol. The second-order valence-electron chi connectivity index (χ2n) is 5.39. The fraction of sp³-hybridized carbons (Fsp3) is 1.00. The van der Waals surface area contributed by atoms with Crippen LogP contribution in [0.4, 0.5) is 0 Å². The Morgan fingerprint density at radius 3 is 1.93 bits per heavy atom. The smallest absolute Gasteiger partial charge is 0.0980 e. The monoisotopic (exact) mass is 215 g/mol. The third-order valence-corrected chi connectivity index (χ3v) is 4.53. The minimum atomic E-state index is -0.683. The molecule has 1 saturated heterocycles. The highest BCUT2D eigenvalue weighted by atomic mass is 16.3. The summed E-state index contributed by atoms with van der Waals surface area (Å²) in [5.41, 5.74) is -0.472. The van der Waals surface area contributed by atoms with Crippen LogP contribution in [0.5, 0.6) is 0 Å². The molecule has 0 amide bonds. The van der Waals surface area contributed by atoms with E-state index in [1.165, 1.54) is 0 Å². The lowest BCUT2D eigenvalue weighted by molar-refractivity contribution is -0.125. The number of aliphatic hydroxyl groups is 2. The lowest BCUT2D eigenvalue weighted by Crippen LogP contribution is -2.72. The molecule has 1 aliphatic rings. The fourth-order valence-electron chi connectivity index (χ4n) is 2.58. The fourth-order valence-corrected chi connectivity index (χ4v) is 2.58. The SMILES string of the molecule is CCC1(C)NC(C)(CC)C(O)C(O)C1C. The average Bonchev–Trinajstić information content (AvgIpc) is 2.23. The summed E-state index contributed by atoms with van der Waals surface area (Å²) in [6, 6.07) is 0. The molecule has 3 nitrogen and oxygen atoms in total. The molecule has 1 fully saturated rings. The van der Waals surface area contributed by atoms with Crippen LogP contribution in [0.15, 0.2) is 0 Å². The number of piperidine rings is 1. The predicted molar refractivity (Wildman–Crippen MR) is 61.7 cm³/mol. The summed E-state index contributed by atoms with van der Waals surface area (Å²) in [5, 5.41) is 23.7. The molecule has 90 valence electrons. The highest BCUT2D eigenvalue weighted by molar-refractivity contribution is 5.09. The Kier molecular flexibility index (Phi) is 3.49. The van der Waals surface area contributed by atoms with Gasteiger partial charge in [0.2, 0.25) is 0 Å². The minimum absolute atomic E-state index is 0.0668. The van der Waals surface area contributed by atoms with Crippen molar-refractivity contribution in [1.82, 2.24) is 5.32 Å². The molecule has 0 aromatic rings. The Morgan fingerprint density at radius 2 is 1.53 bits per heavy atom. The molecule has 0 spiro atoms. The van der Waals surface area contributed by atoms with Gasteiger partial charge < -0.3 is 15.5 Å². The van der Waals surface area contributed by atoms with Crippen LogP contribution in [0.25, 0.3) is 0 Å². The highest BCUT2D eigenvalue weighted by Gasteiger charge is 2.51. The lowest BCUT2D eigenvalue weighted by Gasteiger charge is -2.54. The Bertz CT molecular complexity index is 212. The van der Waals surface area contributed by atoms with Gasteiger partial charge in [0.15, 0.2) is 0 Å². The zero-order chi connectivity index (χ0) is 11.9. The summed E-state index contributed by atoms with van der Waals surface area (Å²) in [6.45, 7) is 10.3. The molecular formula is C12H25NO2. The molecule has 0 aliphatic carbocycles. The van der Waals surface area contributed by atoms with Gasteiger partial charge in [-0.15, -0.1) is 0 Å². The molecule has 3 N–H and O–H groups in total. The van der Waals surface area contributed by atoms with Crippen LogP contribution < -0.4 is 5.32 Å². The van der Waals surface area contributed by atoms with Crippen LogP contribution in [-0.2, 0) is 0 Å². The molecule has 0 saturated carbocycles. The van der Waals surface area contributed by atoms with Crippen molar-refractivity contribution >= 4 is 0 Å². The molecule has 1 heterocycles. The zero-order valence-corrected chi connectivity index (χ0v) is 10.5. The van der Waals surface area contributed by atoms with Gasteiger partial charge in [0.05, 0.1) is 12.2 Å². The first-order valence-corrected chi connectivity index (χ1v) is 5.96. The van der Waals surface area contributed by atoms with E-state index >= 15 is 0 Å². The topological polar surface area (TPSA) is 52.5 Å². The van der Waals surface area contributed by atoms with Gasteiger partial charge in [0.1, 0.15) is 0 Å². The van der Waals surface area contributed by atoms with Gasteiger partial charge in [-0.05, 0) is 26.7 Å². The van der Waals surface area contributed by atoms with E-state index in [1.807, 2.05) is 20.8 Å². The zero-order valence-electron chi connectivity index (χ0n) is 10.5. The number of hydrogen-bond acceptors (Lipinski definition) is 3. The van der Waals surface area contributed by atoms with Crippen LogP contribution in [-0.4, -0.2) is 33.5 Å². The van der Waals surface area contributed by atoms with Crippen LogP contribution in [0.1, 0.15) is 47.5 Å². The average molecular weight is 215 g/mol. The van der Waals surface area contributed by atoms with Gasteiger partial charge in [-0.1, -0.05) is 20.8 Å². The molecule has 0 radical (unpaired) electrons. The van der Waals surface area contributed by atoms with E-state index in [0.717, 1.165) is 12.8 Å². The van der Waals surface area contributed by atoms with Crippen molar-refractivity contribution in [3.05, 3.63) is 0 Å². The predicted octanol–water partition coefficient (Wildman–Crippen LogP) is 1.28. The summed E-state index contributed by atoms with van der Waals surface area (Å²) in [5.74, 6) is 0.0668. The molecule has 5 atom stereocenters. The standard InChI is InChI=1S/C12H25NO2/c1-6-11(4)8(3)9(14)10(15)12(5,7-2)13-11/h8-10,13-15H,6-7H2,1-5H3. The van der Waals surface area contributed by atoms with Crippen molar-refractivity contribution in [1.29, 1.82) is 0 Å². The van der Waals surface area contributed by atoms with E-state index in [2.05, 4.69) is 19.2 Å². The number of nitrogens with one attached hydrogen (secondary N) is 1. The summed E-state index contributed by atoms with van der Waals surface area (Å²) in [6.07, 6.45) is 0.444. The first kappa shape index (κ1) is 12.9. The van der Waals surface area contributed by atoms with Crippen molar-refractivity contribution in [3.63, 3.8) is 0 Å².